The molecule has 0 amide bonds. The lowest BCUT2D eigenvalue weighted by atomic mass is 9.57. The molecular weight excluding hydrogens is 546 g/mol. The van der Waals surface area contributed by atoms with Crippen molar-refractivity contribution in [1.29, 1.82) is 5.41 Å². The average Bonchev–Trinajstić information content (AvgIpc) is 3.38. The van der Waals surface area contributed by atoms with Gasteiger partial charge in [0.15, 0.2) is 0 Å². The Balaban J connectivity index is 1.37. The van der Waals surface area contributed by atoms with E-state index in [9.17, 15) is 22.0 Å². The molecule has 8 atom stereocenters. The number of nitrogens with zero attached hydrogens (tertiary/aromatic N) is 2. The zero-order valence-electron chi connectivity index (χ0n) is 24.6. The molecule has 41 heavy (non-hydrogen) atoms. The minimum Gasteiger partial charge on any atom is -0.380 e. The van der Waals surface area contributed by atoms with Gasteiger partial charge in [-0.3, -0.25) is 4.79 Å². The maximum absolute atomic E-state index is 14.3. The second kappa shape index (κ2) is 12.4. The van der Waals surface area contributed by atoms with Gasteiger partial charge in [-0.2, -0.15) is 0 Å². The Morgan fingerprint density at radius 3 is 2.51 bits per heavy atom. The van der Waals surface area contributed by atoms with Crippen molar-refractivity contribution in [2.24, 2.45) is 36.1 Å². The summed E-state index contributed by atoms with van der Waals surface area (Å²) < 4.78 is 58.8. The Hall–Kier alpha value is -1.81. The van der Waals surface area contributed by atoms with Gasteiger partial charge in [-0.05, 0) is 74.2 Å². The van der Waals surface area contributed by atoms with Gasteiger partial charge in [0.05, 0.1) is 10.9 Å². The Kier molecular flexibility index (Phi) is 9.29. The topological polar surface area (TPSA) is 95.3 Å². The van der Waals surface area contributed by atoms with E-state index < -0.39 is 27.6 Å². The molecule has 2 heterocycles. The fourth-order valence-electron chi connectivity index (χ4n) is 8.71. The maximum Gasteiger partial charge on any atom is 0.250 e. The van der Waals surface area contributed by atoms with E-state index in [4.69, 9.17) is 5.41 Å². The second-order valence-electron chi connectivity index (χ2n) is 13.7. The number of nitrogens with one attached hydrogen (secondary N) is 2. The normalized spacial score (nSPS) is 37.6. The predicted octanol–water partition coefficient (Wildman–Crippen LogP) is 5.70. The van der Waals surface area contributed by atoms with Gasteiger partial charge >= 0.3 is 0 Å². The third-order valence-corrected chi connectivity index (χ3v) is 13.3. The van der Waals surface area contributed by atoms with Crippen LogP contribution < -0.4 is 10.9 Å². The van der Waals surface area contributed by atoms with Crippen LogP contribution in [-0.2, 0) is 17.1 Å². The van der Waals surface area contributed by atoms with Crippen molar-refractivity contribution < 1.29 is 17.2 Å². The Labute approximate surface area is 244 Å². The highest BCUT2D eigenvalue weighted by Crippen LogP contribution is 2.54. The molecule has 10 heteroatoms. The molecule has 4 aliphatic rings. The highest BCUT2D eigenvalue weighted by atomic mass is 32.2. The fraction of sp³-hybridized carbons (Fsp3) is 0.806. The summed E-state index contributed by atoms with van der Waals surface area (Å²) in [4.78, 5) is 11.9. The molecule has 1 aliphatic heterocycles. The summed E-state index contributed by atoms with van der Waals surface area (Å²) in [6.45, 7) is 3.17. The number of hydrogen-bond acceptors (Lipinski definition) is 5. The summed E-state index contributed by atoms with van der Waals surface area (Å²) in [6, 6.07) is 3.40. The third-order valence-electron chi connectivity index (χ3n) is 11.0. The standard InChI is InChI=1S/C31H48F2N4O3S/c1-21-14-29(35-24-8-11-30(38)36(2)19-24)23(18-34)15-26(21)31(17-22-6-4-3-5-7-22)12-13-37(20-31)41(39,40)25-9-10-27(32)28(33)16-25/h8,11,18-19,21-23,25-29,34-35H,3-7,9-10,12-17,20H2,1-2H3. The van der Waals surface area contributed by atoms with E-state index in [2.05, 4.69) is 12.2 Å². The first-order valence-corrected chi connectivity index (χ1v) is 17.2. The number of pyridine rings is 1. The van der Waals surface area contributed by atoms with Gasteiger partial charge in [-0.15, -0.1) is 0 Å². The molecule has 3 aliphatic carbocycles. The number of aryl methyl sites for hydroxylation is 1. The summed E-state index contributed by atoms with van der Waals surface area (Å²) in [7, 11) is -1.99. The number of sulfonamides is 1. The van der Waals surface area contributed by atoms with E-state index in [0.29, 0.717) is 24.9 Å². The van der Waals surface area contributed by atoms with Crippen LogP contribution in [0.4, 0.5) is 14.5 Å². The molecule has 1 aromatic rings. The minimum absolute atomic E-state index is 0.00514. The Bertz CT molecular complexity index is 1240. The van der Waals surface area contributed by atoms with E-state index in [-0.39, 0.29) is 48.1 Å². The van der Waals surface area contributed by atoms with Crippen molar-refractivity contribution in [3.8, 4) is 0 Å². The van der Waals surface area contributed by atoms with E-state index in [1.165, 1.54) is 32.1 Å². The summed E-state index contributed by atoms with van der Waals surface area (Å²) in [5.41, 5.74) is 0.615. The molecule has 7 nitrogen and oxygen atoms in total. The fourth-order valence-corrected chi connectivity index (χ4v) is 10.8. The quantitative estimate of drug-likeness (QED) is 0.378. The molecule has 4 fully saturated rings. The lowest BCUT2D eigenvalue weighted by Gasteiger charge is -2.49. The van der Waals surface area contributed by atoms with Crippen LogP contribution in [0.25, 0.3) is 0 Å². The van der Waals surface area contributed by atoms with Gasteiger partial charge in [-0.25, -0.2) is 21.5 Å². The van der Waals surface area contributed by atoms with Crippen molar-refractivity contribution in [1.82, 2.24) is 8.87 Å². The third kappa shape index (κ3) is 6.43. The number of hydrogen-bond donors (Lipinski definition) is 2. The molecule has 5 rings (SSSR count). The number of anilines is 1. The summed E-state index contributed by atoms with van der Waals surface area (Å²) in [5, 5.41) is 11.1. The molecule has 230 valence electrons. The van der Waals surface area contributed by atoms with Crippen LogP contribution in [0.1, 0.15) is 84.0 Å². The molecule has 2 N–H and O–H groups in total. The first kappa shape index (κ1) is 30.6. The van der Waals surface area contributed by atoms with Crippen LogP contribution in [0, 0.1) is 34.5 Å². The second-order valence-corrected chi connectivity index (χ2v) is 15.9. The number of rotatable bonds is 8. The molecule has 1 saturated heterocycles. The lowest BCUT2D eigenvalue weighted by Crippen LogP contribution is -2.49. The summed E-state index contributed by atoms with van der Waals surface area (Å²) in [5.74, 6) is 1.16. The van der Waals surface area contributed by atoms with E-state index in [1.54, 1.807) is 40.5 Å². The Morgan fingerprint density at radius 1 is 1.07 bits per heavy atom. The predicted molar refractivity (Wildman–Crippen MR) is 159 cm³/mol. The highest BCUT2D eigenvalue weighted by Gasteiger charge is 2.53. The monoisotopic (exact) mass is 594 g/mol. The van der Waals surface area contributed by atoms with Crippen LogP contribution in [0.5, 0.6) is 0 Å². The van der Waals surface area contributed by atoms with Gasteiger partial charge in [0.1, 0.15) is 12.3 Å². The largest absolute Gasteiger partial charge is 0.380 e. The summed E-state index contributed by atoms with van der Waals surface area (Å²) in [6.07, 6.45) is 9.53. The molecule has 0 radical (unpaired) electrons. The molecule has 0 spiro atoms. The smallest absolute Gasteiger partial charge is 0.250 e. The van der Waals surface area contributed by atoms with Gasteiger partial charge in [0.2, 0.25) is 15.6 Å². The Morgan fingerprint density at radius 2 is 1.83 bits per heavy atom. The van der Waals surface area contributed by atoms with Gasteiger partial charge in [0.25, 0.3) is 0 Å². The van der Waals surface area contributed by atoms with Crippen molar-refractivity contribution in [3.05, 3.63) is 28.7 Å². The lowest BCUT2D eigenvalue weighted by molar-refractivity contribution is 0.0371. The molecule has 1 aromatic heterocycles. The maximum atomic E-state index is 14.3. The number of alkyl halides is 2. The SMILES string of the molecule is CC1CC(Nc2ccc(=O)n(C)c2)C(C=N)CC1C1(CC2CCCCC2)CCN(S(=O)(=O)C2CCC(F)C(F)C2)C1. The van der Waals surface area contributed by atoms with Gasteiger partial charge in [-0.1, -0.05) is 39.0 Å². The first-order chi connectivity index (χ1) is 19.5. The molecule has 8 unspecified atom stereocenters. The molecular formula is C31H48F2N4O3S. The summed E-state index contributed by atoms with van der Waals surface area (Å²) >= 11 is 0. The van der Waals surface area contributed by atoms with Crippen LogP contribution in [0.15, 0.2) is 23.1 Å². The zero-order chi connectivity index (χ0) is 29.4. The van der Waals surface area contributed by atoms with Crippen LogP contribution in [0.3, 0.4) is 0 Å². The van der Waals surface area contributed by atoms with Crippen LogP contribution >= 0.6 is 0 Å². The van der Waals surface area contributed by atoms with Crippen molar-refractivity contribution >= 4 is 21.9 Å². The van der Waals surface area contributed by atoms with E-state index in [0.717, 1.165) is 31.4 Å². The minimum atomic E-state index is -3.72. The number of aromatic nitrogens is 1. The van der Waals surface area contributed by atoms with Gasteiger partial charge < -0.3 is 15.3 Å². The van der Waals surface area contributed by atoms with Gasteiger partial charge in [0, 0.05) is 50.6 Å². The zero-order valence-corrected chi connectivity index (χ0v) is 25.4. The highest BCUT2D eigenvalue weighted by molar-refractivity contribution is 7.89. The first-order valence-electron chi connectivity index (χ1n) is 15.7. The molecule has 0 aromatic carbocycles. The van der Waals surface area contributed by atoms with E-state index >= 15 is 0 Å². The molecule has 0 bridgehead atoms. The van der Waals surface area contributed by atoms with Crippen molar-refractivity contribution in [3.63, 3.8) is 0 Å². The van der Waals surface area contributed by atoms with Crippen LogP contribution in [0.2, 0.25) is 0 Å². The van der Waals surface area contributed by atoms with Crippen LogP contribution in [-0.4, -0.2) is 60.2 Å². The van der Waals surface area contributed by atoms with Crippen molar-refractivity contribution in [2.45, 2.75) is 108 Å². The van der Waals surface area contributed by atoms with E-state index in [1.807, 2.05) is 0 Å². The molecule has 3 saturated carbocycles. The average molecular weight is 595 g/mol. The van der Waals surface area contributed by atoms with Crippen molar-refractivity contribution in [2.75, 3.05) is 18.4 Å². The number of halogens is 2.